The van der Waals surface area contributed by atoms with Gasteiger partial charge in [0.05, 0.1) is 5.69 Å². The number of hydrogen-bond donors (Lipinski definition) is 0. The van der Waals surface area contributed by atoms with Gasteiger partial charge in [0.15, 0.2) is 5.76 Å². The monoisotopic (exact) mass is 233 g/mol. The first kappa shape index (κ1) is 11.5. The molecule has 1 aromatic rings. The van der Waals surface area contributed by atoms with E-state index in [-0.39, 0.29) is 24.5 Å². The fraction of sp³-hybridized carbons (Fsp3) is 0.727. The fourth-order valence-corrected chi connectivity index (χ4v) is 1.99. The summed E-state index contributed by atoms with van der Waals surface area (Å²) >= 11 is 0. The first-order chi connectivity index (χ1) is 7.37. The van der Waals surface area contributed by atoms with Crippen LogP contribution in [0.2, 0.25) is 0 Å². The van der Waals surface area contributed by atoms with Gasteiger partial charge in [-0.25, -0.2) is 0 Å². The second-order valence-corrected chi connectivity index (χ2v) is 4.70. The summed E-state index contributed by atoms with van der Waals surface area (Å²) in [6.45, 7) is 3.76. The van der Waals surface area contributed by atoms with Crippen molar-refractivity contribution in [3.05, 3.63) is 17.5 Å². The van der Waals surface area contributed by atoms with E-state index >= 15 is 0 Å². The Balaban J connectivity index is 2.34. The Morgan fingerprint density at radius 3 is 2.31 bits per heavy atom. The van der Waals surface area contributed by atoms with Crippen LogP contribution in [0, 0.1) is 0 Å². The zero-order chi connectivity index (χ0) is 12.0. The summed E-state index contributed by atoms with van der Waals surface area (Å²) in [4.78, 5) is 0. The van der Waals surface area contributed by atoms with E-state index in [0.29, 0.717) is 12.1 Å². The number of hydrogen-bond acceptors (Lipinski definition) is 2. The van der Waals surface area contributed by atoms with Crippen LogP contribution in [0.3, 0.4) is 0 Å². The molecule has 1 saturated carbocycles. The van der Waals surface area contributed by atoms with Gasteiger partial charge >= 0.3 is 6.18 Å². The Morgan fingerprint density at radius 1 is 1.38 bits per heavy atom. The van der Waals surface area contributed by atoms with Crippen molar-refractivity contribution in [2.24, 2.45) is 0 Å². The molecule has 1 aromatic heterocycles. The minimum absolute atomic E-state index is 0.0186. The molecular weight excluding hydrogens is 219 g/mol. The van der Waals surface area contributed by atoms with E-state index in [1.807, 2.05) is 13.8 Å². The van der Waals surface area contributed by atoms with Crippen molar-refractivity contribution in [2.45, 2.75) is 50.6 Å². The van der Waals surface area contributed by atoms with Crippen LogP contribution < -0.4 is 0 Å². The molecule has 0 spiro atoms. The van der Waals surface area contributed by atoms with E-state index < -0.39 is 11.6 Å². The summed E-state index contributed by atoms with van der Waals surface area (Å²) in [6, 6.07) is 1.46. The van der Waals surface area contributed by atoms with E-state index in [1.54, 1.807) is 0 Å². The third-order valence-corrected chi connectivity index (χ3v) is 3.34. The minimum Gasteiger partial charge on any atom is -0.360 e. The van der Waals surface area contributed by atoms with Gasteiger partial charge in [-0.2, -0.15) is 13.2 Å². The van der Waals surface area contributed by atoms with Gasteiger partial charge in [-0.15, -0.1) is 0 Å². The lowest BCUT2D eigenvalue weighted by molar-refractivity contribution is -0.218. The molecule has 0 amide bonds. The summed E-state index contributed by atoms with van der Waals surface area (Å²) in [5.41, 5.74) is -1.18. The first-order valence-corrected chi connectivity index (χ1v) is 5.41. The van der Waals surface area contributed by atoms with Gasteiger partial charge in [-0.1, -0.05) is 25.4 Å². The van der Waals surface area contributed by atoms with Crippen LogP contribution in [-0.4, -0.2) is 11.3 Å². The number of alkyl halides is 3. The van der Waals surface area contributed by atoms with Crippen molar-refractivity contribution in [1.29, 1.82) is 0 Å². The lowest BCUT2D eigenvalue weighted by Crippen LogP contribution is -2.47. The quantitative estimate of drug-likeness (QED) is 0.776. The van der Waals surface area contributed by atoms with Gasteiger partial charge in [0.25, 0.3) is 0 Å². The number of rotatable bonds is 2. The molecule has 0 aromatic carbocycles. The van der Waals surface area contributed by atoms with Gasteiger partial charge in [0.2, 0.25) is 0 Å². The van der Waals surface area contributed by atoms with Crippen LogP contribution in [0.15, 0.2) is 10.6 Å². The maximum atomic E-state index is 13.0. The normalized spacial score (nSPS) is 19.9. The van der Waals surface area contributed by atoms with Crippen LogP contribution in [0.5, 0.6) is 0 Å². The van der Waals surface area contributed by atoms with E-state index in [9.17, 15) is 13.2 Å². The molecule has 0 saturated heterocycles. The summed E-state index contributed by atoms with van der Waals surface area (Å²) in [6.07, 6.45) is -3.41. The second kappa shape index (κ2) is 3.50. The molecule has 5 heteroatoms. The third-order valence-electron chi connectivity index (χ3n) is 3.34. The molecule has 0 aliphatic heterocycles. The van der Waals surface area contributed by atoms with Crippen LogP contribution >= 0.6 is 0 Å². The highest BCUT2D eigenvalue weighted by Crippen LogP contribution is 2.54. The summed E-state index contributed by atoms with van der Waals surface area (Å²) in [5.74, 6) is 0.0674. The molecule has 0 bridgehead atoms. The lowest BCUT2D eigenvalue weighted by atomic mass is 9.66. The molecule has 1 aliphatic carbocycles. The molecule has 1 aliphatic rings. The largest absolute Gasteiger partial charge is 0.401 e. The van der Waals surface area contributed by atoms with Gasteiger partial charge in [-0.3, -0.25) is 0 Å². The van der Waals surface area contributed by atoms with Crippen molar-refractivity contribution in [2.75, 3.05) is 0 Å². The van der Waals surface area contributed by atoms with E-state index in [0.717, 1.165) is 0 Å². The van der Waals surface area contributed by atoms with E-state index in [1.165, 1.54) is 6.07 Å². The van der Waals surface area contributed by atoms with Crippen LogP contribution in [-0.2, 0) is 5.41 Å². The molecule has 90 valence electrons. The van der Waals surface area contributed by atoms with Crippen molar-refractivity contribution in [3.63, 3.8) is 0 Å². The highest BCUT2D eigenvalue weighted by atomic mass is 19.4. The molecule has 2 rings (SSSR count). The van der Waals surface area contributed by atoms with Crippen molar-refractivity contribution in [3.8, 4) is 0 Å². The number of aromatic nitrogens is 1. The molecule has 1 fully saturated rings. The highest BCUT2D eigenvalue weighted by Gasteiger charge is 2.61. The van der Waals surface area contributed by atoms with E-state index in [4.69, 9.17) is 4.52 Å². The highest BCUT2D eigenvalue weighted by molar-refractivity contribution is 5.23. The molecule has 2 nitrogen and oxygen atoms in total. The Labute approximate surface area is 91.8 Å². The lowest BCUT2D eigenvalue weighted by Gasteiger charge is -2.40. The molecule has 0 radical (unpaired) electrons. The molecule has 0 atom stereocenters. The average molecular weight is 233 g/mol. The minimum atomic E-state index is -4.24. The van der Waals surface area contributed by atoms with Crippen molar-refractivity contribution in [1.82, 2.24) is 5.16 Å². The Hall–Kier alpha value is -1.00. The van der Waals surface area contributed by atoms with Gasteiger partial charge in [0.1, 0.15) is 5.41 Å². The fourth-order valence-electron chi connectivity index (χ4n) is 1.99. The smallest absolute Gasteiger partial charge is 0.360 e. The Bertz CT molecular complexity index is 377. The second-order valence-electron chi connectivity index (χ2n) is 4.70. The third kappa shape index (κ3) is 1.53. The summed E-state index contributed by atoms with van der Waals surface area (Å²) < 4.78 is 43.8. The number of nitrogens with zero attached hydrogens (tertiary/aromatic N) is 1. The summed E-state index contributed by atoms with van der Waals surface area (Å²) in [7, 11) is 0. The number of halogens is 3. The topological polar surface area (TPSA) is 26.0 Å². The SMILES string of the molecule is CC(C)c1cc(C2(C(F)(F)F)CCC2)on1. The predicted molar refractivity (Wildman–Crippen MR) is 52.2 cm³/mol. The van der Waals surface area contributed by atoms with Crippen LogP contribution in [0.1, 0.15) is 50.5 Å². The summed E-state index contributed by atoms with van der Waals surface area (Å²) in [5, 5.41) is 3.70. The Kier molecular flexibility index (Phi) is 2.51. The predicted octanol–water partition coefficient (Wildman–Crippen LogP) is 3.78. The molecular formula is C11H14F3NO. The van der Waals surface area contributed by atoms with Crippen molar-refractivity contribution < 1.29 is 17.7 Å². The average Bonchev–Trinajstić information content (AvgIpc) is 2.47. The van der Waals surface area contributed by atoms with Gasteiger partial charge in [-0.05, 0) is 18.8 Å². The molecule has 0 unspecified atom stereocenters. The van der Waals surface area contributed by atoms with Gasteiger partial charge in [0, 0.05) is 6.07 Å². The van der Waals surface area contributed by atoms with Gasteiger partial charge < -0.3 is 4.52 Å². The maximum absolute atomic E-state index is 13.0. The maximum Gasteiger partial charge on any atom is 0.401 e. The van der Waals surface area contributed by atoms with Crippen LogP contribution in [0.4, 0.5) is 13.2 Å². The first-order valence-electron chi connectivity index (χ1n) is 5.41. The Morgan fingerprint density at radius 2 is 2.00 bits per heavy atom. The molecule has 0 N–H and O–H groups in total. The van der Waals surface area contributed by atoms with Crippen LogP contribution in [0.25, 0.3) is 0 Å². The zero-order valence-corrected chi connectivity index (χ0v) is 9.27. The standard InChI is InChI=1S/C11H14F3NO/c1-7(2)8-6-9(16-15-8)10(4-3-5-10)11(12,13)14/h6-7H,3-5H2,1-2H3. The molecule has 16 heavy (non-hydrogen) atoms. The van der Waals surface area contributed by atoms with E-state index in [2.05, 4.69) is 5.16 Å². The zero-order valence-electron chi connectivity index (χ0n) is 9.27. The molecule has 1 heterocycles. The van der Waals surface area contributed by atoms with Crippen molar-refractivity contribution >= 4 is 0 Å².